The molecule has 0 aliphatic rings. The van der Waals surface area contributed by atoms with E-state index in [0.29, 0.717) is 27.1 Å². The van der Waals surface area contributed by atoms with Crippen LogP contribution in [-0.2, 0) is 0 Å². The van der Waals surface area contributed by atoms with Crippen LogP contribution >= 0.6 is 23.2 Å². The first-order chi connectivity index (χ1) is 15.3. The Morgan fingerprint density at radius 2 is 1.78 bits per heavy atom. The fourth-order valence-corrected chi connectivity index (χ4v) is 4.71. The minimum absolute atomic E-state index is 0.0218. The number of rotatable bonds is 3. The SMILES string of the molecule is Cc1cccc(-c2nc(C(=O)NC(C)C)c3c4cccc(Cl)c4c4ccc(Cl)cc4n23)c1. The van der Waals surface area contributed by atoms with Gasteiger partial charge < -0.3 is 5.32 Å². The van der Waals surface area contributed by atoms with Gasteiger partial charge in [0.25, 0.3) is 5.91 Å². The van der Waals surface area contributed by atoms with Crippen molar-refractivity contribution < 1.29 is 4.79 Å². The summed E-state index contributed by atoms with van der Waals surface area (Å²) in [4.78, 5) is 18.1. The zero-order valence-corrected chi connectivity index (χ0v) is 19.4. The Morgan fingerprint density at radius 3 is 2.53 bits per heavy atom. The second-order valence-electron chi connectivity index (χ2n) is 8.29. The van der Waals surface area contributed by atoms with E-state index < -0.39 is 0 Å². The third kappa shape index (κ3) is 3.31. The molecule has 3 aromatic carbocycles. The number of amides is 1. The number of hydrogen-bond acceptors (Lipinski definition) is 2. The van der Waals surface area contributed by atoms with E-state index in [1.165, 1.54) is 0 Å². The number of hydrogen-bond donors (Lipinski definition) is 1. The van der Waals surface area contributed by atoms with Crippen LogP contribution in [0.5, 0.6) is 0 Å². The lowest BCUT2D eigenvalue weighted by atomic mass is 10.0. The number of nitrogens with one attached hydrogen (secondary N) is 1. The topological polar surface area (TPSA) is 46.4 Å². The van der Waals surface area contributed by atoms with Crippen molar-refractivity contribution in [3.63, 3.8) is 0 Å². The summed E-state index contributed by atoms with van der Waals surface area (Å²) in [6, 6.07) is 19.6. The minimum atomic E-state index is -0.223. The summed E-state index contributed by atoms with van der Waals surface area (Å²) in [5.74, 6) is 0.464. The van der Waals surface area contributed by atoms with Gasteiger partial charge >= 0.3 is 0 Å². The summed E-state index contributed by atoms with van der Waals surface area (Å²) in [6.07, 6.45) is 0. The van der Waals surface area contributed by atoms with Crippen molar-refractivity contribution in [1.29, 1.82) is 0 Å². The van der Waals surface area contributed by atoms with E-state index in [-0.39, 0.29) is 11.9 Å². The highest BCUT2D eigenvalue weighted by Gasteiger charge is 2.24. The molecule has 2 aromatic heterocycles. The molecule has 0 fully saturated rings. The Labute approximate surface area is 195 Å². The summed E-state index contributed by atoms with van der Waals surface area (Å²) in [6.45, 7) is 5.90. The van der Waals surface area contributed by atoms with E-state index in [9.17, 15) is 4.79 Å². The van der Waals surface area contributed by atoms with Crippen molar-refractivity contribution in [3.8, 4) is 11.4 Å². The molecule has 0 saturated heterocycles. The molecule has 4 nitrogen and oxygen atoms in total. The molecule has 0 unspecified atom stereocenters. The summed E-state index contributed by atoms with van der Waals surface area (Å²) >= 11 is 13.1. The van der Waals surface area contributed by atoms with Gasteiger partial charge in [-0.3, -0.25) is 9.20 Å². The molecular weight excluding hydrogens is 441 g/mol. The Kier molecular flexibility index (Phi) is 5.07. The van der Waals surface area contributed by atoms with Crippen molar-refractivity contribution in [2.24, 2.45) is 0 Å². The van der Waals surface area contributed by atoms with Crippen molar-refractivity contribution in [1.82, 2.24) is 14.7 Å². The van der Waals surface area contributed by atoms with Gasteiger partial charge in [-0.1, -0.05) is 65.2 Å². The normalized spacial score (nSPS) is 11.7. The lowest BCUT2D eigenvalue weighted by Crippen LogP contribution is -2.30. The van der Waals surface area contributed by atoms with Crippen molar-refractivity contribution in [2.45, 2.75) is 26.8 Å². The molecule has 0 aliphatic carbocycles. The zero-order chi connectivity index (χ0) is 22.6. The number of benzene rings is 3. The van der Waals surface area contributed by atoms with Crippen LogP contribution in [0.25, 0.3) is 38.6 Å². The number of aromatic nitrogens is 2. The van der Waals surface area contributed by atoms with Gasteiger partial charge in [-0.25, -0.2) is 4.98 Å². The molecule has 5 aromatic rings. The highest BCUT2D eigenvalue weighted by Crippen LogP contribution is 2.39. The third-order valence-corrected chi connectivity index (χ3v) is 6.08. The van der Waals surface area contributed by atoms with Crippen LogP contribution in [0.4, 0.5) is 0 Å². The van der Waals surface area contributed by atoms with Gasteiger partial charge in [0.1, 0.15) is 5.82 Å². The van der Waals surface area contributed by atoms with Crippen LogP contribution in [0.15, 0.2) is 60.7 Å². The molecular formula is C26H21Cl2N3O. The van der Waals surface area contributed by atoms with Gasteiger partial charge in [0, 0.05) is 37.8 Å². The summed E-state index contributed by atoms with van der Waals surface area (Å²) in [7, 11) is 0. The summed E-state index contributed by atoms with van der Waals surface area (Å²) in [5.41, 5.74) is 3.96. The molecule has 0 bridgehead atoms. The van der Waals surface area contributed by atoms with Gasteiger partial charge in [0.15, 0.2) is 5.69 Å². The van der Waals surface area contributed by atoms with Gasteiger partial charge in [-0.2, -0.15) is 0 Å². The van der Waals surface area contributed by atoms with Crippen molar-refractivity contribution >= 4 is 56.3 Å². The number of carbonyl (C=O) groups excluding carboxylic acids is 1. The first-order valence-electron chi connectivity index (χ1n) is 10.4. The molecule has 32 heavy (non-hydrogen) atoms. The summed E-state index contributed by atoms with van der Waals surface area (Å²) < 4.78 is 2.03. The Hall–Kier alpha value is -3.08. The van der Waals surface area contributed by atoms with Crippen LogP contribution in [0.3, 0.4) is 0 Å². The lowest BCUT2D eigenvalue weighted by molar-refractivity contribution is 0.0940. The van der Waals surface area contributed by atoms with Crippen LogP contribution in [0.2, 0.25) is 10.0 Å². The van der Waals surface area contributed by atoms with Crippen molar-refractivity contribution in [3.05, 3.63) is 82.0 Å². The average molecular weight is 462 g/mol. The molecule has 5 rings (SSSR count). The smallest absolute Gasteiger partial charge is 0.272 e. The largest absolute Gasteiger partial charge is 0.348 e. The predicted molar refractivity (Wildman–Crippen MR) is 133 cm³/mol. The standard InChI is InChI=1S/C26H21Cl2N3O/c1-14(2)29-26(32)23-24-19-8-5-9-20(28)22(19)18-11-10-17(27)13-21(18)31(24)25(30-23)16-7-4-6-15(3)12-16/h4-14H,1-3H3,(H,29,32). The molecule has 160 valence electrons. The van der Waals surface area contributed by atoms with E-state index in [1.54, 1.807) is 0 Å². The number of aryl methyl sites for hydroxylation is 1. The van der Waals surface area contributed by atoms with Gasteiger partial charge in [0.05, 0.1) is 11.0 Å². The van der Waals surface area contributed by atoms with Gasteiger partial charge in [0.2, 0.25) is 0 Å². The number of fused-ring (bicyclic) bond motifs is 6. The number of halogens is 2. The average Bonchev–Trinajstić information content (AvgIpc) is 3.15. The maximum absolute atomic E-state index is 13.3. The van der Waals surface area contributed by atoms with E-state index >= 15 is 0 Å². The number of imidazole rings is 1. The Balaban J connectivity index is 2.04. The highest BCUT2D eigenvalue weighted by molar-refractivity contribution is 6.39. The zero-order valence-electron chi connectivity index (χ0n) is 17.9. The van der Waals surface area contributed by atoms with E-state index in [4.69, 9.17) is 28.2 Å². The van der Waals surface area contributed by atoms with E-state index in [0.717, 1.165) is 32.8 Å². The minimum Gasteiger partial charge on any atom is -0.348 e. The fourth-order valence-electron chi connectivity index (χ4n) is 4.27. The van der Waals surface area contributed by atoms with Crippen LogP contribution in [0, 0.1) is 6.92 Å². The molecule has 1 amide bonds. The maximum Gasteiger partial charge on any atom is 0.272 e. The highest BCUT2D eigenvalue weighted by atomic mass is 35.5. The second-order valence-corrected chi connectivity index (χ2v) is 9.13. The van der Waals surface area contributed by atoms with Crippen molar-refractivity contribution in [2.75, 3.05) is 0 Å². The molecule has 0 aliphatic heterocycles. The third-order valence-electron chi connectivity index (χ3n) is 5.53. The second kappa shape index (κ2) is 7.80. The predicted octanol–water partition coefficient (Wildman–Crippen LogP) is 7.06. The van der Waals surface area contributed by atoms with Crippen LogP contribution in [-0.4, -0.2) is 21.3 Å². The van der Waals surface area contributed by atoms with E-state index in [2.05, 4.69) is 11.4 Å². The molecule has 0 spiro atoms. The van der Waals surface area contributed by atoms with Crippen LogP contribution in [0.1, 0.15) is 29.9 Å². The first-order valence-corrected chi connectivity index (χ1v) is 11.2. The molecule has 1 N–H and O–H groups in total. The number of pyridine rings is 1. The Bertz CT molecular complexity index is 1540. The van der Waals surface area contributed by atoms with E-state index in [1.807, 2.05) is 79.8 Å². The van der Waals surface area contributed by atoms with Gasteiger partial charge in [-0.15, -0.1) is 0 Å². The molecule has 6 heteroatoms. The summed E-state index contributed by atoms with van der Waals surface area (Å²) in [5, 5.41) is 6.90. The monoisotopic (exact) mass is 461 g/mol. The number of carbonyl (C=O) groups is 1. The molecule has 0 radical (unpaired) electrons. The fraction of sp³-hybridized carbons (Fsp3) is 0.154. The number of nitrogens with zero attached hydrogens (tertiary/aromatic N) is 2. The quantitative estimate of drug-likeness (QED) is 0.292. The van der Waals surface area contributed by atoms with Crippen LogP contribution < -0.4 is 5.32 Å². The molecule has 0 atom stereocenters. The first kappa shape index (κ1) is 20.8. The van der Waals surface area contributed by atoms with Gasteiger partial charge in [-0.05, 0) is 45.0 Å². The molecule has 0 saturated carbocycles. The Morgan fingerprint density at radius 1 is 1.00 bits per heavy atom. The molecule has 2 heterocycles. The lowest BCUT2D eigenvalue weighted by Gasteiger charge is -2.13. The maximum atomic E-state index is 13.3.